The Morgan fingerprint density at radius 3 is 3.06 bits per heavy atom. The molecule has 2 N–H and O–H groups in total. The molecule has 2 heterocycles. The molecule has 1 aliphatic heterocycles. The quantitative estimate of drug-likeness (QED) is 0.754. The van der Waals surface area contributed by atoms with Gasteiger partial charge in [-0.1, -0.05) is 30.4 Å². The summed E-state index contributed by atoms with van der Waals surface area (Å²) in [5.41, 5.74) is 2.45. The topological polar surface area (TPSA) is 27.8 Å². The molecule has 0 spiro atoms. The van der Waals surface area contributed by atoms with Gasteiger partial charge >= 0.3 is 0 Å². The van der Waals surface area contributed by atoms with Gasteiger partial charge in [-0.05, 0) is 35.6 Å². The number of H-pyrrole nitrogens is 1. The van der Waals surface area contributed by atoms with Crippen LogP contribution in [0, 0.1) is 0 Å². The van der Waals surface area contributed by atoms with E-state index in [1.807, 2.05) is 6.20 Å². The molecule has 17 heavy (non-hydrogen) atoms. The first-order valence-electron chi connectivity index (χ1n) is 6.05. The van der Waals surface area contributed by atoms with Gasteiger partial charge in [0.2, 0.25) is 0 Å². The number of rotatable bonds is 2. The molecule has 1 unspecified atom stereocenters. The van der Waals surface area contributed by atoms with E-state index in [-0.39, 0.29) is 0 Å². The molecule has 0 saturated carbocycles. The van der Waals surface area contributed by atoms with Crippen molar-refractivity contribution in [1.29, 1.82) is 0 Å². The first kappa shape index (κ1) is 10.4. The Morgan fingerprint density at radius 2 is 2.18 bits per heavy atom. The van der Waals surface area contributed by atoms with E-state index in [9.17, 15) is 0 Å². The van der Waals surface area contributed by atoms with Crippen LogP contribution in [0.4, 0.5) is 0 Å². The fraction of sp³-hybridized carbons (Fsp3) is 0.200. The Morgan fingerprint density at radius 1 is 1.18 bits per heavy atom. The van der Waals surface area contributed by atoms with E-state index in [2.05, 4.69) is 58.9 Å². The van der Waals surface area contributed by atoms with Gasteiger partial charge in [0.25, 0.3) is 0 Å². The van der Waals surface area contributed by atoms with Crippen molar-refractivity contribution in [3.05, 3.63) is 54.3 Å². The van der Waals surface area contributed by atoms with Crippen molar-refractivity contribution in [2.75, 3.05) is 6.54 Å². The van der Waals surface area contributed by atoms with E-state index < -0.39 is 0 Å². The number of fused-ring (bicyclic) bond motifs is 1. The molecule has 3 rings (SSSR count). The van der Waals surface area contributed by atoms with E-state index in [0.29, 0.717) is 6.04 Å². The summed E-state index contributed by atoms with van der Waals surface area (Å²) < 4.78 is 0. The van der Waals surface area contributed by atoms with Gasteiger partial charge in [0, 0.05) is 24.3 Å². The van der Waals surface area contributed by atoms with Gasteiger partial charge in [-0.2, -0.15) is 0 Å². The monoisotopic (exact) mass is 224 g/mol. The molecule has 0 radical (unpaired) electrons. The molecule has 1 aromatic heterocycles. The Kier molecular flexibility index (Phi) is 2.80. The van der Waals surface area contributed by atoms with Crippen molar-refractivity contribution in [3.63, 3.8) is 0 Å². The molecule has 86 valence electrons. The summed E-state index contributed by atoms with van der Waals surface area (Å²) in [6.07, 6.45) is 11.9. The van der Waals surface area contributed by atoms with Gasteiger partial charge in [-0.3, -0.25) is 0 Å². The molecule has 0 bridgehead atoms. The van der Waals surface area contributed by atoms with Crippen molar-refractivity contribution in [2.45, 2.75) is 12.5 Å². The van der Waals surface area contributed by atoms with Crippen LogP contribution < -0.4 is 5.32 Å². The smallest absolute Gasteiger partial charge is 0.0454 e. The highest BCUT2D eigenvalue weighted by atomic mass is 14.9. The van der Waals surface area contributed by atoms with Crippen molar-refractivity contribution in [2.24, 2.45) is 0 Å². The molecule has 2 nitrogen and oxygen atoms in total. The van der Waals surface area contributed by atoms with Crippen LogP contribution >= 0.6 is 0 Å². The molecule has 0 saturated heterocycles. The maximum absolute atomic E-state index is 3.44. The fourth-order valence-corrected chi connectivity index (χ4v) is 2.18. The summed E-state index contributed by atoms with van der Waals surface area (Å²) in [7, 11) is 0. The Labute approximate surface area is 101 Å². The van der Waals surface area contributed by atoms with E-state index in [1.165, 1.54) is 16.5 Å². The van der Waals surface area contributed by atoms with Gasteiger partial charge in [0.15, 0.2) is 0 Å². The van der Waals surface area contributed by atoms with Crippen LogP contribution in [0.2, 0.25) is 0 Å². The van der Waals surface area contributed by atoms with E-state index in [1.54, 1.807) is 0 Å². The predicted molar refractivity (Wildman–Crippen MR) is 72.9 cm³/mol. The summed E-state index contributed by atoms with van der Waals surface area (Å²) >= 11 is 0. The predicted octanol–water partition coefficient (Wildman–Crippen LogP) is 3.10. The Balaban J connectivity index is 1.79. The third kappa shape index (κ3) is 2.32. The Bertz CT molecular complexity index is 563. The van der Waals surface area contributed by atoms with Crippen LogP contribution in [0.25, 0.3) is 17.0 Å². The van der Waals surface area contributed by atoms with E-state index in [4.69, 9.17) is 0 Å². The first-order valence-corrected chi connectivity index (χ1v) is 6.05. The first-order chi connectivity index (χ1) is 8.42. The number of aromatic nitrogens is 1. The fourth-order valence-electron chi connectivity index (χ4n) is 2.18. The molecule has 2 heteroatoms. The minimum Gasteiger partial charge on any atom is -0.361 e. The molecule has 0 aliphatic carbocycles. The van der Waals surface area contributed by atoms with Crippen LogP contribution in [0.3, 0.4) is 0 Å². The molecule has 1 aliphatic rings. The molecule has 1 atom stereocenters. The highest BCUT2D eigenvalue weighted by Gasteiger charge is 2.03. The zero-order valence-electron chi connectivity index (χ0n) is 9.69. The highest BCUT2D eigenvalue weighted by molar-refractivity contribution is 5.81. The van der Waals surface area contributed by atoms with Crippen LogP contribution in [0.15, 0.2) is 48.7 Å². The lowest BCUT2D eigenvalue weighted by Gasteiger charge is -2.15. The van der Waals surface area contributed by atoms with Gasteiger partial charge < -0.3 is 10.3 Å². The van der Waals surface area contributed by atoms with Crippen LogP contribution in [-0.4, -0.2) is 17.6 Å². The SMILES string of the molecule is C1=CCC(C=Cc2ccc3[nH]ccc3c2)NC1. The van der Waals surface area contributed by atoms with Crippen molar-refractivity contribution < 1.29 is 0 Å². The van der Waals surface area contributed by atoms with E-state index in [0.717, 1.165) is 13.0 Å². The maximum Gasteiger partial charge on any atom is 0.0454 e. The largest absolute Gasteiger partial charge is 0.361 e. The lowest BCUT2D eigenvalue weighted by molar-refractivity contribution is 0.621. The lowest BCUT2D eigenvalue weighted by atomic mass is 10.1. The third-order valence-corrected chi connectivity index (χ3v) is 3.15. The molecule has 0 fully saturated rings. The van der Waals surface area contributed by atoms with Crippen LogP contribution in [0.5, 0.6) is 0 Å². The standard InChI is InChI=1S/C15H16N2/c1-2-9-16-14(3-1)6-4-12-5-7-15-13(11-12)8-10-17-15/h1-2,4-8,10-11,14,16-17H,3,9H2. The van der Waals surface area contributed by atoms with Crippen LogP contribution in [-0.2, 0) is 0 Å². The van der Waals surface area contributed by atoms with Crippen molar-refractivity contribution >= 4 is 17.0 Å². The van der Waals surface area contributed by atoms with E-state index >= 15 is 0 Å². The molecule has 0 amide bonds. The second-order valence-electron chi connectivity index (χ2n) is 4.41. The zero-order chi connectivity index (χ0) is 11.5. The Hall–Kier alpha value is -1.80. The number of hydrogen-bond donors (Lipinski definition) is 2. The lowest BCUT2D eigenvalue weighted by Crippen LogP contribution is -2.29. The van der Waals surface area contributed by atoms with Gasteiger partial charge in [-0.15, -0.1) is 0 Å². The summed E-state index contributed by atoms with van der Waals surface area (Å²) in [6.45, 7) is 0.978. The number of aromatic amines is 1. The van der Waals surface area contributed by atoms with Gasteiger partial charge in [0.1, 0.15) is 0 Å². The van der Waals surface area contributed by atoms with Crippen molar-refractivity contribution in [1.82, 2.24) is 10.3 Å². The summed E-state index contributed by atoms with van der Waals surface area (Å²) in [5.74, 6) is 0. The molecular formula is C15H16N2. The normalized spacial score (nSPS) is 20.4. The van der Waals surface area contributed by atoms with Gasteiger partial charge in [0.05, 0.1) is 0 Å². The number of hydrogen-bond acceptors (Lipinski definition) is 1. The third-order valence-electron chi connectivity index (χ3n) is 3.15. The number of nitrogens with one attached hydrogen (secondary N) is 2. The molecular weight excluding hydrogens is 208 g/mol. The maximum atomic E-state index is 3.44. The summed E-state index contributed by atoms with van der Waals surface area (Å²) in [4.78, 5) is 3.21. The molecule has 2 aromatic rings. The van der Waals surface area contributed by atoms with Crippen LogP contribution in [0.1, 0.15) is 12.0 Å². The van der Waals surface area contributed by atoms with Gasteiger partial charge in [-0.25, -0.2) is 0 Å². The van der Waals surface area contributed by atoms with Crippen molar-refractivity contribution in [3.8, 4) is 0 Å². The minimum absolute atomic E-state index is 0.474. The second-order valence-corrected chi connectivity index (χ2v) is 4.41. The molecule has 1 aromatic carbocycles. The average molecular weight is 224 g/mol. The zero-order valence-corrected chi connectivity index (χ0v) is 9.69. The number of benzene rings is 1. The average Bonchev–Trinajstić information content (AvgIpc) is 2.85. The summed E-state index contributed by atoms with van der Waals surface area (Å²) in [6, 6.07) is 9.06. The highest BCUT2D eigenvalue weighted by Crippen LogP contribution is 2.15. The summed E-state index contributed by atoms with van der Waals surface area (Å²) in [5, 5.41) is 4.71. The minimum atomic E-state index is 0.474. The second kappa shape index (κ2) is 4.60.